The molecular weight excluding hydrogens is 214 g/mol. The van der Waals surface area contributed by atoms with Gasteiger partial charge in [-0.3, -0.25) is 4.57 Å². The van der Waals surface area contributed by atoms with E-state index in [2.05, 4.69) is 22.1 Å². The third kappa shape index (κ3) is 1.93. The summed E-state index contributed by atoms with van der Waals surface area (Å²) in [7, 11) is 0. The topological polar surface area (TPSA) is 69.6 Å². The van der Waals surface area contributed by atoms with Crippen LogP contribution in [0.1, 0.15) is 29.6 Å². The molecule has 0 amide bonds. The first kappa shape index (κ1) is 11.7. The van der Waals surface area contributed by atoms with Crippen LogP contribution in [0.4, 0.5) is 0 Å². The molecule has 2 rings (SSSR count). The zero-order valence-electron chi connectivity index (χ0n) is 10.4. The van der Waals surface area contributed by atoms with Gasteiger partial charge in [-0.05, 0) is 19.4 Å². The van der Waals surface area contributed by atoms with E-state index in [-0.39, 0.29) is 0 Å². The molecule has 17 heavy (non-hydrogen) atoms. The molecule has 0 spiro atoms. The van der Waals surface area contributed by atoms with Crippen LogP contribution in [0.3, 0.4) is 0 Å². The number of hydrogen-bond acceptors (Lipinski definition) is 4. The fourth-order valence-electron chi connectivity index (χ4n) is 1.87. The van der Waals surface area contributed by atoms with Crippen LogP contribution in [0, 0.1) is 13.8 Å². The molecule has 2 N–H and O–H groups in total. The van der Waals surface area contributed by atoms with Crippen LogP contribution < -0.4 is 5.73 Å². The summed E-state index contributed by atoms with van der Waals surface area (Å²) < 4.78 is 1.96. The summed E-state index contributed by atoms with van der Waals surface area (Å²) in [5.74, 6) is 1.77. The predicted octanol–water partition coefficient (Wildman–Crippen LogP) is 1.30. The number of rotatable bonds is 3. The minimum atomic E-state index is 0.457. The summed E-state index contributed by atoms with van der Waals surface area (Å²) in [6.07, 6.45) is 4.53. The second-order valence-electron chi connectivity index (χ2n) is 3.98. The van der Waals surface area contributed by atoms with Gasteiger partial charge in [0.1, 0.15) is 5.82 Å². The minimum Gasteiger partial charge on any atom is -0.326 e. The Kier molecular flexibility index (Phi) is 3.19. The predicted molar refractivity (Wildman–Crippen MR) is 65.9 cm³/mol. The van der Waals surface area contributed by atoms with Crippen LogP contribution in [0.15, 0.2) is 12.4 Å². The average molecular weight is 231 g/mol. The van der Waals surface area contributed by atoms with Crippen molar-refractivity contribution in [2.45, 2.75) is 33.7 Å². The molecule has 5 nitrogen and oxygen atoms in total. The number of imidazole rings is 1. The van der Waals surface area contributed by atoms with E-state index in [1.54, 1.807) is 6.20 Å². The molecule has 0 radical (unpaired) electrons. The van der Waals surface area contributed by atoms with Gasteiger partial charge in [-0.25, -0.2) is 4.98 Å². The number of nitrogens with two attached hydrogens (primary N) is 1. The maximum Gasteiger partial charge on any atom is 0.165 e. The van der Waals surface area contributed by atoms with Crippen molar-refractivity contribution in [2.75, 3.05) is 0 Å². The summed E-state index contributed by atoms with van der Waals surface area (Å²) >= 11 is 0. The number of nitrogens with zero attached hydrogens (tertiary/aromatic N) is 4. The Morgan fingerprint density at radius 1 is 1.29 bits per heavy atom. The van der Waals surface area contributed by atoms with Crippen LogP contribution in [0.2, 0.25) is 0 Å². The Bertz CT molecular complexity index is 530. The van der Waals surface area contributed by atoms with E-state index in [1.165, 1.54) is 0 Å². The zero-order chi connectivity index (χ0) is 12.4. The van der Waals surface area contributed by atoms with E-state index >= 15 is 0 Å². The van der Waals surface area contributed by atoms with Gasteiger partial charge in [0, 0.05) is 30.9 Å². The zero-order valence-corrected chi connectivity index (χ0v) is 10.4. The van der Waals surface area contributed by atoms with Gasteiger partial charge in [0.05, 0.1) is 5.69 Å². The molecule has 5 heteroatoms. The molecule has 0 atom stereocenters. The van der Waals surface area contributed by atoms with Gasteiger partial charge in [-0.2, -0.15) is 5.10 Å². The van der Waals surface area contributed by atoms with E-state index in [0.29, 0.717) is 6.54 Å². The molecule has 0 aliphatic heterocycles. The van der Waals surface area contributed by atoms with Gasteiger partial charge in [0.25, 0.3) is 0 Å². The lowest BCUT2D eigenvalue weighted by Gasteiger charge is -2.13. The monoisotopic (exact) mass is 231 g/mol. The van der Waals surface area contributed by atoms with Crippen molar-refractivity contribution in [2.24, 2.45) is 5.73 Å². The number of hydrogen-bond donors (Lipinski definition) is 1. The normalized spacial score (nSPS) is 10.8. The third-order valence-corrected chi connectivity index (χ3v) is 3.03. The van der Waals surface area contributed by atoms with Crippen LogP contribution in [-0.4, -0.2) is 19.7 Å². The smallest absolute Gasteiger partial charge is 0.165 e. The molecular formula is C12H17N5. The Morgan fingerprint density at radius 2 is 2.06 bits per heavy atom. The number of aromatic nitrogens is 4. The molecule has 2 aromatic heterocycles. The molecule has 2 heterocycles. The van der Waals surface area contributed by atoms with Crippen molar-refractivity contribution >= 4 is 0 Å². The van der Waals surface area contributed by atoms with Crippen molar-refractivity contribution in [1.82, 2.24) is 19.7 Å². The second kappa shape index (κ2) is 4.63. The van der Waals surface area contributed by atoms with Crippen LogP contribution >= 0.6 is 0 Å². The van der Waals surface area contributed by atoms with E-state index in [1.807, 2.05) is 24.6 Å². The maximum absolute atomic E-state index is 5.82. The molecule has 0 aromatic carbocycles. The SMILES string of the molecule is CCc1nccn1-c1nnc(C)c(C)c1CN. The molecule has 0 saturated carbocycles. The highest BCUT2D eigenvalue weighted by atomic mass is 15.2. The summed E-state index contributed by atoms with van der Waals surface area (Å²) in [6, 6.07) is 0. The lowest BCUT2D eigenvalue weighted by molar-refractivity contribution is 0.799. The average Bonchev–Trinajstić information content (AvgIpc) is 2.80. The lowest BCUT2D eigenvalue weighted by Crippen LogP contribution is -2.13. The molecule has 0 unspecified atom stereocenters. The molecule has 0 saturated heterocycles. The molecule has 2 aromatic rings. The summed E-state index contributed by atoms with van der Waals surface area (Å²) in [6.45, 7) is 6.49. The molecule has 0 bridgehead atoms. The molecule has 0 aliphatic rings. The van der Waals surface area contributed by atoms with Gasteiger partial charge in [0.2, 0.25) is 0 Å². The lowest BCUT2D eigenvalue weighted by atomic mass is 10.1. The van der Waals surface area contributed by atoms with E-state index in [0.717, 1.165) is 34.9 Å². The van der Waals surface area contributed by atoms with Crippen molar-refractivity contribution in [3.63, 3.8) is 0 Å². The molecule has 90 valence electrons. The first-order valence-corrected chi connectivity index (χ1v) is 5.74. The highest BCUT2D eigenvalue weighted by molar-refractivity contribution is 5.41. The van der Waals surface area contributed by atoms with Crippen LogP contribution in [0.5, 0.6) is 0 Å². The Labute approximate surface area is 101 Å². The largest absolute Gasteiger partial charge is 0.326 e. The van der Waals surface area contributed by atoms with Crippen molar-refractivity contribution in [1.29, 1.82) is 0 Å². The van der Waals surface area contributed by atoms with E-state index < -0.39 is 0 Å². The van der Waals surface area contributed by atoms with Gasteiger partial charge in [-0.15, -0.1) is 5.10 Å². The van der Waals surface area contributed by atoms with Gasteiger partial charge < -0.3 is 5.73 Å². The second-order valence-corrected chi connectivity index (χ2v) is 3.98. The molecule has 0 aliphatic carbocycles. The van der Waals surface area contributed by atoms with Crippen molar-refractivity contribution < 1.29 is 0 Å². The first-order valence-electron chi connectivity index (χ1n) is 5.74. The minimum absolute atomic E-state index is 0.457. The highest BCUT2D eigenvalue weighted by Gasteiger charge is 2.13. The van der Waals surface area contributed by atoms with Gasteiger partial charge in [0.15, 0.2) is 5.82 Å². The fourth-order valence-corrected chi connectivity index (χ4v) is 1.87. The Hall–Kier alpha value is -1.75. The standard InChI is InChI=1S/C12H17N5/c1-4-11-14-5-6-17(11)12-10(7-13)8(2)9(3)15-16-12/h5-6H,4,7,13H2,1-3H3. The van der Waals surface area contributed by atoms with E-state index in [4.69, 9.17) is 5.73 Å². The van der Waals surface area contributed by atoms with Gasteiger partial charge in [-0.1, -0.05) is 6.92 Å². The van der Waals surface area contributed by atoms with Gasteiger partial charge >= 0.3 is 0 Å². The fraction of sp³-hybridized carbons (Fsp3) is 0.417. The summed E-state index contributed by atoms with van der Waals surface area (Å²) in [5, 5.41) is 8.42. The Balaban J connectivity index is 2.63. The van der Waals surface area contributed by atoms with Crippen LogP contribution in [-0.2, 0) is 13.0 Å². The number of aryl methyl sites for hydroxylation is 2. The highest BCUT2D eigenvalue weighted by Crippen LogP contribution is 2.18. The van der Waals surface area contributed by atoms with Crippen molar-refractivity contribution in [3.05, 3.63) is 35.0 Å². The quantitative estimate of drug-likeness (QED) is 0.864. The summed E-state index contributed by atoms with van der Waals surface area (Å²) in [5.41, 5.74) is 8.88. The third-order valence-electron chi connectivity index (χ3n) is 3.03. The van der Waals surface area contributed by atoms with Crippen LogP contribution in [0.25, 0.3) is 5.82 Å². The summed E-state index contributed by atoms with van der Waals surface area (Å²) in [4.78, 5) is 4.29. The maximum atomic E-state index is 5.82. The Morgan fingerprint density at radius 3 is 2.71 bits per heavy atom. The first-order chi connectivity index (χ1) is 8.19. The van der Waals surface area contributed by atoms with Crippen molar-refractivity contribution in [3.8, 4) is 5.82 Å². The van der Waals surface area contributed by atoms with E-state index in [9.17, 15) is 0 Å². The molecule has 0 fully saturated rings.